The van der Waals surface area contributed by atoms with Gasteiger partial charge in [0.1, 0.15) is 22.9 Å². The van der Waals surface area contributed by atoms with E-state index in [9.17, 15) is 0 Å². The molecule has 0 unspecified atom stereocenters. The fraction of sp³-hybridized carbons (Fsp3) is 0.385. The lowest BCUT2D eigenvalue weighted by atomic mass is 10.3. The molecule has 2 heterocycles. The largest absolute Gasteiger partial charge is 0.468 e. The van der Waals surface area contributed by atoms with Crippen LogP contribution in [0.4, 0.5) is 5.82 Å². The standard InChI is InChI=1S/C13H17N3OS/c1-3-6-14-12-10(2)13(16-9-15-12)18-8-11-5-4-7-17-11/h4-5,7,9H,3,6,8H2,1-2H3,(H,14,15,16). The molecule has 0 amide bonds. The van der Waals surface area contributed by atoms with Gasteiger partial charge in [-0.1, -0.05) is 18.7 Å². The summed E-state index contributed by atoms with van der Waals surface area (Å²) in [5.74, 6) is 2.67. The zero-order chi connectivity index (χ0) is 12.8. The number of thioether (sulfide) groups is 1. The van der Waals surface area contributed by atoms with Gasteiger partial charge >= 0.3 is 0 Å². The van der Waals surface area contributed by atoms with Crippen molar-refractivity contribution in [1.82, 2.24) is 9.97 Å². The molecule has 0 aliphatic carbocycles. The number of hydrogen-bond donors (Lipinski definition) is 1. The Bertz CT molecular complexity index is 485. The van der Waals surface area contributed by atoms with Crippen molar-refractivity contribution in [3.05, 3.63) is 36.0 Å². The topological polar surface area (TPSA) is 51.0 Å². The van der Waals surface area contributed by atoms with Gasteiger partial charge in [-0.25, -0.2) is 9.97 Å². The number of nitrogens with one attached hydrogen (secondary N) is 1. The quantitative estimate of drug-likeness (QED) is 0.638. The van der Waals surface area contributed by atoms with Gasteiger partial charge in [0.2, 0.25) is 0 Å². The number of aromatic nitrogens is 2. The van der Waals surface area contributed by atoms with Crippen LogP contribution in [0.1, 0.15) is 24.7 Å². The second kappa shape index (κ2) is 6.44. The van der Waals surface area contributed by atoms with E-state index in [0.29, 0.717) is 0 Å². The Morgan fingerprint density at radius 3 is 3.00 bits per heavy atom. The average Bonchev–Trinajstić information content (AvgIpc) is 2.89. The SMILES string of the molecule is CCCNc1ncnc(SCc2ccco2)c1C. The predicted octanol–water partition coefficient (Wildman–Crippen LogP) is 3.49. The lowest BCUT2D eigenvalue weighted by Gasteiger charge is -2.09. The van der Waals surface area contributed by atoms with Gasteiger partial charge in [0.05, 0.1) is 12.0 Å². The molecule has 0 aliphatic heterocycles. The maximum Gasteiger partial charge on any atom is 0.133 e. The van der Waals surface area contributed by atoms with Crippen LogP contribution in [0.2, 0.25) is 0 Å². The van der Waals surface area contributed by atoms with Crippen LogP contribution < -0.4 is 5.32 Å². The Kier molecular flexibility index (Phi) is 4.64. The Morgan fingerprint density at radius 2 is 2.28 bits per heavy atom. The van der Waals surface area contributed by atoms with E-state index in [2.05, 4.69) is 22.2 Å². The fourth-order valence-corrected chi connectivity index (χ4v) is 2.41. The molecule has 2 aromatic rings. The molecule has 18 heavy (non-hydrogen) atoms. The van der Waals surface area contributed by atoms with Crippen molar-refractivity contribution in [2.24, 2.45) is 0 Å². The summed E-state index contributed by atoms with van der Waals surface area (Å²) in [7, 11) is 0. The summed E-state index contributed by atoms with van der Waals surface area (Å²) >= 11 is 1.67. The maximum atomic E-state index is 5.31. The molecular weight excluding hydrogens is 246 g/mol. The highest BCUT2D eigenvalue weighted by atomic mass is 32.2. The Balaban J connectivity index is 2.03. The average molecular weight is 263 g/mol. The monoisotopic (exact) mass is 263 g/mol. The van der Waals surface area contributed by atoms with Gasteiger partial charge in [0, 0.05) is 12.1 Å². The summed E-state index contributed by atoms with van der Waals surface area (Å²) in [6.07, 6.45) is 4.38. The minimum absolute atomic E-state index is 0.790. The van der Waals surface area contributed by atoms with E-state index in [1.54, 1.807) is 24.4 Å². The molecular formula is C13H17N3OS. The summed E-state index contributed by atoms with van der Waals surface area (Å²) in [5, 5.41) is 4.31. The molecule has 0 radical (unpaired) electrons. The molecule has 0 aliphatic rings. The number of rotatable bonds is 6. The molecule has 5 heteroatoms. The van der Waals surface area contributed by atoms with E-state index in [0.717, 1.165) is 40.9 Å². The molecule has 4 nitrogen and oxygen atoms in total. The number of furan rings is 1. The Labute approximate surface area is 111 Å². The van der Waals surface area contributed by atoms with E-state index in [1.807, 2.05) is 19.1 Å². The predicted molar refractivity (Wildman–Crippen MR) is 73.8 cm³/mol. The van der Waals surface area contributed by atoms with Crippen molar-refractivity contribution in [1.29, 1.82) is 0 Å². The third-order valence-corrected chi connectivity index (χ3v) is 3.63. The molecule has 0 spiro atoms. The smallest absolute Gasteiger partial charge is 0.133 e. The van der Waals surface area contributed by atoms with Crippen molar-refractivity contribution in [3.63, 3.8) is 0 Å². The zero-order valence-corrected chi connectivity index (χ0v) is 11.5. The van der Waals surface area contributed by atoms with Crippen LogP contribution >= 0.6 is 11.8 Å². The second-order valence-electron chi connectivity index (χ2n) is 3.95. The van der Waals surface area contributed by atoms with Crippen LogP contribution in [0.25, 0.3) is 0 Å². The van der Waals surface area contributed by atoms with E-state index < -0.39 is 0 Å². The number of anilines is 1. The van der Waals surface area contributed by atoms with E-state index >= 15 is 0 Å². The van der Waals surface area contributed by atoms with Gasteiger partial charge in [-0.15, -0.1) is 0 Å². The van der Waals surface area contributed by atoms with Crippen molar-refractivity contribution < 1.29 is 4.42 Å². The van der Waals surface area contributed by atoms with Crippen LogP contribution in [0.15, 0.2) is 34.2 Å². The Hall–Kier alpha value is -1.49. The van der Waals surface area contributed by atoms with Crippen molar-refractivity contribution in [2.75, 3.05) is 11.9 Å². The molecule has 2 aromatic heterocycles. The van der Waals surface area contributed by atoms with Crippen molar-refractivity contribution >= 4 is 17.6 Å². The molecule has 0 bridgehead atoms. The normalized spacial score (nSPS) is 10.6. The molecule has 96 valence electrons. The third-order valence-electron chi connectivity index (χ3n) is 2.51. The van der Waals surface area contributed by atoms with Gasteiger partial charge in [0.15, 0.2) is 0 Å². The highest BCUT2D eigenvalue weighted by Gasteiger charge is 2.08. The first kappa shape index (κ1) is 13.0. The van der Waals surface area contributed by atoms with Gasteiger partial charge in [-0.2, -0.15) is 0 Å². The van der Waals surface area contributed by atoms with Crippen LogP contribution in [0.5, 0.6) is 0 Å². The highest BCUT2D eigenvalue weighted by Crippen LogP contribution is 2.26. The molecule has 0 fully saturated rings. The van der Waals surface area contributed by atoms with Gasteiger partial charge in [0.25, 0.3) is 0 Å². The molecule has 1 N–H and O–H groups in total. The molecule has 0 atom stereocenters. The van der Waals surface area contributed by atoms with Crippen LogP contribution in [0, 0.1) is 6.92 Å². The van der Waals surface area contributed by atoms with Crippen molar-refractivity contribution in [3.8, 4) is 0 Å². The van der Waals surface area contributed by atoms with Crippen LogP contribution in [-0.2, 0) is 5.75 Å². The lowest BCUT2D eigenvalue weighted by molar-refractivity contribution is 0.530. The number of nitrogens with zero attached hydrogens (tertiary/aromatic N) is 2. The minimum atomic E-state index is 0.790. The van der Waals surface area contributed by atoms with Gasteiger partial charge in [-0.3, -0.25) is 0 Å². The molecule has 2 rings (SSSR count). The van der Waals surface area contributed by atoms with Gasteiger partial charge in [-0.05, 0) is 25.5 Å². The van der Waals surface area contributed by atoms with Crippen LogP contribution in [0.3, 0.4) is 0 Å². The van der Waals surface area contributed by atoms with Crippen molar-refractivity contribution in [2.45, 2.75) is 31.0 Å². The first-order chi connectivity index (χ1) is 8.81. The first-order valence-electron chi connectivity index (χ1n) is 6.02. The lowest BCUT2D eigenvalue weighted by Crippen LogP contribution is -2.05. The zero-order valence-electron chi connectivity index (χ0n) is 10.6. The van der Waals surface area contributed by atoms with E-state index in [-0.39, 0.29) is 0 Å². The summed E-state index contributed by atoms with van der Waals surface area (Å²) in [6.45, 7) is 5.11. The summed E-state index contributed by atoms with van der Waals surface area (Å²) < 4.78 is 5.31. The number of hydrogen-bond acceptors (Lipinski definition) is 5. The summed E-state index contributed by atoms with van der Waals surface area (Å²) in [4.78, 5) is 8.58. The maximum absolute atomic E-state index is 5.31. The van der Waals surface area contributed by atoms with E-state index in [1.165, 1.54) is 0 Å². The highest BCUT2D eigenvalue weighted by molar-refractivity contribution is 7.98. The van der Waals surface area contributed by atoms with E-state index in [4.69, 9.17) is 4.42 Å². The summed E-state index contributed by atoms with van der Waals surface area (Å²) in [5.41, 5.74) is 1.10. The third kappa shape index (κ3) is 3.26. The Morgan fingerprint density at radius 1 is 1.39 bits per heavy atom. The summed E-state index contributed by atoms with van der Waals surface area (Å²) in [6, 6.07) is 3.87. The molecule has 0 saturated heterocycles. The first-order valence-corrected chi connectivity index (χ1v) is 7.00. The van der Waals surface area contributed by atoms with Gasteiger partial charge < -0.3 is 9.73 Å². The molecule has 0 saturated carbocycles. The second-order valence-corrected chi connectivity index (χ2v) is 4.91. The minimum Gasteiger partial charge on any atom is -0.468 e. The van der Waals surface area contributed by atoms with Crippen LogP contribution in [-0.4, -0.2) is 16.5 Å². The molecule has 0 aromatic carbocycles. The fourth-order valence-electron chi connectivity index (χ4n) is 1.54.